The number of anilines is 1. The quantitative estimate of drug-likeness (QED) is 0.742. The Labute approximate surface area is 99.4 Å². The summed E-state index contributed by atoms with van der Waals surface area (Å²) in [4.78, 5) is 13.9. The minimum Gasteiger partial charge on any atom is -0.356 e. The van der Waals surface area contributed by atoms with E-state index < -0.39 is 0 Å². The summed E-state index contributed by atoms with van der Waals surface area (Å²) in [6, 6.07) is 5.95. The topological polar surface area (TPSA) is 32.3 Å². The number of halogens is 1. The maximum absolute atomic E-state index is 11.8. The summed E-state index contributed by atoms with van der Waals surface area (Å²) in [7, 11) is 0. The summed E-state index contributed by atoms with van der Waals surface area (Å²) in [6.07, 6.45) is 1.82. The number of piperazine rings is 1. The molecule has 16 heavy (non-hydrogen) atoms. The maximum Gasteiger partial charge on any atom is 0.242 e. The largest absolute Gasteiger partial charge is 0.356 e. The van der Waals surface area contributed by atoms with E-state index in [2.05, 4.69) is 16.3 Å². The fraction of sp³-hybridized carbons (Fsp3) is 0.417. The highest BCUT2D eigenvalue weighted by Gasteiger charge is 2.34. The van der Waals surface area contributed by atoms with Crippen molar-refractivity contribution in [3.8, 4) is 0 Å². The van der Waals surface area contributed by atoms with E-state index in [1.165, 1.54) is 5.56 Å². The minimum absolute atomic E-state index is 0.0267. The van der Waals surface area contributed by atoms with Crippen molar-refractivity contribution >= 4 is 23.2 Å². The molecule has 1 amide bonds. The van der Waals surface area contributed by atoms with E-state index in [-0.39, 0.29) is 11.9 Å². The van der Waals surface area contributed by atoms with Crippen molar-refractivity contribution in [1.29, 1.82) is 0 Å². The molecule has 1 aromatic rings. The Balaban J connectivity index is 2.08. The molecule has 1 atom stereocenters. The zero-order valence-electron chi connectivity index (χ0n) is 8.87. The molecule has 2 aliphatic rings. The van der Waals surface area contributed by atoms with Crippen molar-refractivity contribution in [1.82, 2.24) is 5.32 Å². The minimum atomic E-state index is -0.0267. The standard InChI is InChI=1S/C12H13ClN2O/c13-9-3-1-2-8-4-5-10-12(16)14-6-7-15(10)11(8)9/h1-3,10H,4-7H2,(H,14,16). The van der Waals surface area contributed by atoms with Gasteiger partial charge in [0.15, 0.2) is 0 Å². The average Bonchev–Trinajstić information content (AvgIpc) is 2.29. The van der Waals surface area contributed by atoms with Crippen LogP contribution in [0.1, 0.15) is 12.0 Å². The van der Waals surface area contributed by atoms with Gasteiger partial charge in [0.2, 0.25) is 5.91 Å². The number of hydrogen-bond acceptors (Lipinski definition) is 2. The van der Waals surface area contributed by atoms with Crippen molar-refractivity contribution in [3.63, 3.8) is 0 Å². The average molecular weight is 237 g/mol. The molecule has 0 saturated carbocycles. The summed E-state index contributed by atoms with van der Waals surface area (Å²) < 4.78 is 0. The van der Waals surface area contributed by atoms with Crippen molar-refractivity contribution < 1.29 is 4.79 Å². The number of hydrogen-bond donors (Lipinski definition) is 1. The lowest BCUT2D eigenvalue weighted by Gasteiger charge is -2.41. The van der Waals surface area contributed by atoms with Crippen LogP contribution in [0.5, 0.6) is 0 Å². The molecule has 2 aliphatic heterocycles. The second-order valence-electron chi connectivity index (χ2n) is 4.29. The van der Waals surface area contributed by atoms with Gasteiger partial charge in [0.05, 0.1) is 10.7 Å². The van der Waals surface area contributed by atoms with Gasteiger partial charge in [-0.3, -0.25) is 4.79 Å². The highest BCUT2D eigenvalue weighted by atomic mass is 35.5. The number of carbonyl (C=O) groups is 1. The van der Waals surface area contributed by atoms with Crippen molar-refractivity contribution in [3.05, 3.63) is 28.8 Å². The molecule has 0 aromatic heterocycles. The predicted octanol–water partition coefficient (Wildman–Crippen LogP) is 1.59. The van der Waals surface area contributed by atoms with Gasteiger partial charge in [-0.2, -0.15) is 0 Å². The first-order chi connectivity index (χ1) is 7.77. The number of aryl methyl sites for hydroxylation is 1. The highest BCUT2D eigenvalue weighted by molar-refractivity contribution is 6.33. The van der Waals surface area contributed by atoms with Crippen molar-refractivity contribution in [2.24, 2.45) is 0 Å². The lowest BCUT2D eigenvalue weighted by atomic mass is 9.94. The summed E-state index contributed by atoms with van der Waals surface area (Å²) in [5.74, 6) is 0.136. The molecule has 0 aliphatic carbocycles. The van der Waals surface area contributed by atoms with Crippen LogP contribution in [-0.4, -0.2) is 25.0 Å². The third-order valence-electron chi connectivity index (χ3n) is 3.38. The number of amides is 1. The van der Waals surface area contributed by atoms with E-state index in [9.17, 15) is 4.79 Å². The molecule has 0 radical (unpaired) electrons. The van der Waals surface area contributed by atoms with Gasteiger partial charge in [0.1, 0.15) is 6.04 Å². The van der Waals surface area contributed by atoms with Gasteiger partial charge in [-0.15, -0.1) is 0 Å². The highest BCUT2D eigenvalue weighted by Crippen LogP contribution is 2.37. The summed E-state index contributed by atoms with van der Waals surface area (Å²) in [6.45, 7) is 1.56. The zero-order valence-corrected chi connectivity index (χ0v) is 9.63. The number of nitrogens with one attached hydrogen (secondary N) is 1. The third-order valence-corrected chi connectivity index (χ3v) is 3.68. The smallest absolute Gasteiger partial charge is 0.242 e. The normalized spacial score (nSPS) is 23.4. The third kappa shape index (κ3) is 1.39. The van der Waals surface area contributed by atoms with Crippen LogP contribution in [0.4, 0.5) is 5.69 Å². The van der Waals surface area contributed by atoms with Gasteiger partial charge in [-0.1, -0.05) is 23.7 Å². The van der Waals surface area contributed by atoms with Gasteiger partial charge in [-0.05, 0) is 24.5 Å². The first kappa shape index (κ1) is 9.97. The molecule has 3 rings (SSSR count). The molecule has 0 bridgehead atoms. The van der Waals surface area contributed by atoms with E-state index >= 15 is 0 Å². The summed E-state index contributed by atoms with van der Waals surface area (Å²) >= 11 is 6.24. The van der Waals surface area contributed by atoms with Gasteiger partial charge in [0.25, 0.3) is 0 Å². The first-order valence-corrected chi connectivity index (χ1v) is 5.97. The molecule has 1 unspecified atom stereocenters. The SMILES string of the molecule is O=C1NCCN2c3c(Cl)cccc3CCC12. The molecule has 0 spiro atoms. The number of nitrogens with zero attached hydrogens (tertiary/aromatic N) is 1. The molecule has 2 heterocycles. The van der Waals surface area contributed by atoms with E-state index in [1.807, 2.05) is 12.1 Å². The predicted molar refractivity (Wildman–Crippen MR) is 63.9 cm³/mol. The summed E-state index contributed by atoms with van der Waals surface area (Å²) in [5, 5.41) is 3.67. The molecule has 1 saturated heterocycles. The monoisotopic (exact) mass is 236 g/mol. The molecule has 84 valence electrons. The lowest BCUT2D eigenvalue weighted by Crippen LogP contribution is -2.57. The Morgan fingerprint density at radius 2 is 2.31 bits per heavy atom. The molecular formula is C12H13ClN2O. The summed E-state index contributed by atoms with van der Waals surface area (Å²) in [5.41, 5.74) is 2.33. The van der Waals surface area contributed by atoms with Crippen LogP contribution in [0.15, 0.2) is 18.2 Å². The van der Waals surface area contributed by atoms with Crippen LogP contribution >= 0.6 is 11.6 Å². The second kappa shape index (κ2) is 3.67. The Morgan fingerprint density at radius 1 is 1.44 bits per heavy atom. The second-order valence-corrected chi connectivity index (χ2v) is 4.69. The van der Waals surface area contributed by atoms with Crippen LogP contribution in [-0.2, 0) is 11.2 Å². The van der Waals surface area contributed by atoms with Crippen LogP contribution < -0.4 is 10.2 Å². The lowest BCUT2D eigenvalue weighted by molar-refractivity contribution is -0.123. The van der Waals surface area contributed by atoms with E-state index in [0.29, 0.717) is 6.54 Å². The fourth-order valence-corrected chi connectivity index (χ4v) is 2.95. The van der Waals surface area contributed by atoms with E-state index in [4.69, 9.17) is 11.6 Å². The van der Waals surface area contributed by atoms with Crippen LogP contribution in [0.25, 0.3) is 0 Å². The Kier molecular flexibility index (Phi) is 2.28. The number of para-hydroxylation sites is 1. The number of carbonyl (C=O) groups excluding carboxylic acids is 1. The molecule has 4 heteroatoms. The van der Waals surface area contributed by atoms with E-state index in [0.717, 1.165) is 30.1 Å². The Bertz CT molecular complexity index is 447. The molecule has 1 fully saturated rings. The Morgan fingerprint density at radius 3 is 3.19 bits per heavy atom. The van der Waals surface area contributed by atoms with Gasteiger partial charge in [-0.25, -0.2) is 0 Å². The van der Waals surface area contributed by atoms with Crippen LogP contribution in [0.2, 0.25) is 5.02 Å². The first-order valence-electron chi connectivity index (χ1n) is 5.59. The maximum atomic E-state index is 11.8. The molecule has 3 nitrogen and oxygen atoms in total. The van der Waals surface area contributed by atoms with E-state index in [1.54, 1.807) is 0 Å². The molecule has 1 aromatic carbocycles. The number of fused-ring (bicyclic) bond motifs is 3. The van der Waals surface area contributed by atoms with Crippen LogP contribution in [0, 0.1) is 0 Å². The number of rotatable bonds is 0. The fourth-order valence-electron chi connectivity index (χ4n) is 2.64. The number of benzene rings is 1. The van der Waals surface area contributed by atoms with Crippen molar-refractivity contribution in [2.75, 3.05) is 18.0 Å². The van der Waals surface area contributed by atoms with Crippen molar-refractivity contribution in [2.45, 2.75) is 18.9 Å². The molecular weight excluding hydrogens is 224 g/mol. The zero-order chi connectivity index (χ0) is 11.1. The van der Waals surface area contributed by atoms with Gasteiger partial charge >= 0.3 is 0 Å². The molecule has 1 N–H and O–H groups in total. The van der Waals surface area contributed by atoms with Gasteiger partial charge < -0.3 is 10.2 Å². The van der Waals surface area contributed by atoms with Gasteiger partial charge in [0, 0.05) is 13.1 Å². The Hall–Kier alpha value is -1.22. The van der Waals surface area contributed by atoms with Crippen LogP contribution in [0.3, 0.4) is 0 Å².